The van der Waals surface area contributed by atoms with Gasteiger partial charge in [0.05, 0.1) is 23.1 Å². The van der Waals surface area contributed by atoms with Gasteiger partial charge < -0.3 is 0 Å². The van der Waals surface area contributed by atoms with Crippen LogP contribution in [-0.2, 0) is 9.84 Å². The van der Waals surface area contributed by atoms with Crippen LogP contribution >= 0.6 is 0 Å². The molecule has 0 aromatic carbocycles. The number of sulfone groups is 1. The second-order valence-corrected chi connectivity index (χ2v) is 7.36. The molecule has 1 aliphatic rings. The fourth-order valence-corrected chi connectivity index (χ4v) is 3.64. The zero-order valence-corrected chi connectivity index (χ0v) is 11.5. The first-order valence-electron chi connectivity index (χ1n) is 6.12. The molecule has 2 unspecified atom stereocenters. The average molecular weight is 270 g/mol. The Kier molecular flexibility index (Phi) is 3.56. The zero-order chi connectivity index (χ0) is 13.3. The Bertz CT molecular complexity index is 547. The van der Waals surface area contributed by atoms with Crippen molar-refractivity contribution in [2.24, 2.45) is 0 Å². The van der Waals surface area contributed by atoms with Crippen molar-refractivity contribution in [3.8, 4) is 0 Å². The van der Waals surface area contributed by atoms with Crippen LogP contribution in [0.15, 0.2) is 12.4 Å². The van der Waals surface area contributed by atoms with Gasteiger partial charge in [-0.05, 0) is 26.2 Å². The lowest BCUT2D eigenvalue weighted by Gasteiger charge is -2.28. The molecule has 1 aliphatic carbocycles. The molecule has 0 amide bonds. The monoisotopic (exact) mass is 270 g/mol. The topological polar surface area (TPSA) is 69.0 Å². The minimum absolute atomic E-state index is 0.0169. The van der Waals surface area contributed by atoms with Crippen LogP contribution < -0.4 is 0 Å². The van der Waals surface area contributed by atoms with Crippen LogP contribution in [0.2, 0.25) is 0 Å². The van der Waals surface area contributed by atoms with Gasteiger partial charge in [0.2, 0.25) is 0 Å². The fraction of sp³-hybridized carbons (Fsp3) is 0.667. The molecular weight excluding hydrogens is 252 g/mol. The van der Waals surface area contributed by atoms with Gasteiger partial charge in [-0.25, -0.2) is 8.42 Å². The van der Waals surface area contributed by atoms with Crippen LogP contribution in [0.5, 0.6) is 0 Å². The van der Waals surface area contributed by atoms with E-state index in [-0.39, 0.29) is 17.1 Å². The summed E-state index contributed by atoms with van der Waals surface area (Å²) in [5, 5.41) is 3.90. The SMILES string of the molecule is CC(=O)c1cnn(C2CCCC(S(C)(=O)=O)C2)c1. The molecule has 2 rings (SSSR count). The molecule has 18 heavy (non-hydrogen) atoms. The zero-order valence-electron chi connectivity index (χ0n) is 10.7. The van der Waals surface area contributed by atoms with Crippen LogP contribution in [0.25, 0.3) is 0 Å². The minimum Gasteiger partial charge on any atom is -0.294 e. The highest BCUT2D eigenvalue weighted by Crippen LogP contribution is 2.31. The summed E-state index contributed by atoms with van der Waals surface area (Å²) in [6.07, 6.45) is 7.70. The summed E-state index contributed by atoms with van der Waals surface area (Å²) in [5.41, 5.74) is 0.580. The summed E-state index contributed by atoms with van der Waals surface area (Å²) >= 11 is 0. The van der Waals surface area contributed by atoms with Crippen molar-refractivity contribution < 1.29 is 13.2 Å². The molecule has 6 heteroatoms. The first-order valence-corrected chi connectivity index (χ1v) is 8.07. The number of aromatic nitrogens is 2. The largest absolute Gasteiger partial charge is 0.294 e. The van der Waals surface area contributed by atoms with Crippen LogP contribution in [-0.4, -0.2) is 35.5 Å². The number of carbonyl (C=O) groups is 1. The van der Waals surface area contributed by atoms with Crippen LogP contribution in [0, 0.1) is 0 Å². The van der Waals surface area contributed by atoms with E-state index in [1.165, 1.54) is 13.2 Å². The van der Waals surface area contributed by atoms with E-state index in [1.807, 2.05) is 0 Å². The van der Waals surface area contributed by atoms with Crippen LogP contribution in [0.1, 0.15) is 49.0 Å². The Balaban J connectivity index is 2.15. The van der Waals surface area contributed by atoms with E-state index < -0.39 is 9.84 Å². The van der Waals surface area contributed by atoms with Gasteiger partial charge in [-0.15, -0.1) is 0 Å². The molecule has 1 fully saturated rings. The number of nitrogens with zero attached hydrogens (tertiary/aromatic N) is 2. The third-order valence-corrected chi connectivity index (χ3v) is 5.23. The standard InChI is InChI=1S/C12H18N2O3S/c1-9(15)10-7-13-14(8-10)11-4-3-5-12(6-11)18(2,16)17/h7-8,11-12H,3-6H2,1-2H3. The molecule has 0 radical (unpaired) electrons. The van der Waals surface area contributed by atoms with E-state index in [4.69, 9.17) is 0 Å². The van der Waals surface area contributed by atoms with Crippen molar-refractivity contribution in [1.29, 1.82) is 0 Å². The predicted molar refractivity (Wildman–Crippen MR) is 68.4 cm³/mol. The van der Waals surface area contributed by atoms with Gasteiger partial charge in [-0.2, -0.15) is 5.10 Å². The maximum atomic E-state index is 11.6. The van der Waals surface area contributed by atoms with Gasteiger partial charge in [0.25, 0.3) is 0 Å². The smallest absolute Gasteiger partial charge is 0.162 e. The van der Waals surface area contributed by atoms with Crippen LogP contribution in [0.3, 0.4) is 0 Å². The van der Waals surface area contributed by atoms with Gasteiger partial charge in [0.15, 0.2) is 5.78 Å². The van der Waals surface area contributed by atoms with Crippen molar-refractivity contribution in [3.63, 3.8) is 0 Å². The molecule has 5 nitrogen and oxygen atoms in total. The molecule has 100 valence electrons. The number of hydrogen-bond donors (Lipinski definition) is 0. The Hall–Kier alpha value is -1.17. The van der Waals surface area contributed by atoms with Gasteiger partial charge in [-0.1, -0.05) is 6.42 Å². The maximum Gasteiger partial charge on any atom is 0.162 e. The summed E-state index contributed by atoms with van der Waals surface area (Å²) in [4.78, 5) is 11.2. The third kappa shape index (κ3) is 2.80. The maximum absolute atomic E-state index is 11.6. The lowest BCUT2D eigenvalue weighted by molar-refractivity contribution is 0.101. The molecule has 0 saturated heterocycles. The number of carbonyl (C=O) groups excluding carboxylic acids is 1. The van der Waals surface area contributed by atoms with Crippen molar-refractivity contribution >= 4 is 15.6 Å². The first-order chi connectivity index (χ1) is 8.38. The molecule has 1 saturated carbocycles. The normalized spacial score (nSPS) is 25.0. The molecule has 0 N–H and O–H groups in total. The highest BCUT2D eigenvalue weighted by molar-refractivity contribution is 7.91. The summed E-state index contributed by atoms with van der Waals surface area (Å²) < 4.78 is 24.9. The van der Waals surface area contributed by atoms with Gasteiger partial charge in [0.1, 0.15) is 9.84 Å². The molecule has 0 bridgehead atoms. The molecule has 2 atom stereocenters. The summed E-state index contributed by atoms with van der Waals surface area (Å²) in [7, 11) is -2.98. The van der Waals surface area contributed by atoms with Crippen molar-refractivity contribution in [2.75, 3.05) is 6.26 Å². The lowest BCUT2D eigenvalue weighted by atomic mass is 9.95. The highest BCUT2D eigenvalue weighted by Gasteiger charge is 2.30. The number of hydrogen-bond acceptors (Lipinski definition) is 4. The van der Waals surface area contributed by atoms with E-state index in [0.29, 0.717) is 12.0 Å². The first kappa shape index (κ1) is 13.3. The van der Waals surface area contributed by atoms with E-state index in [1.54, 1.807) is 17.1 Å². The average Bonchev–Trinajstić information content (AvgIpc) is 2.77. The summed E-state index contributed by atoms with van der Waals surface area (Å²) in [6, 6.07) is 0.0894. The van der Waals surface area contributed by atoms with Crippen molar-refractivity contribution in [3.05, 3.63) is 18.0 Å². The van der Waals surface area contributed by atoms with Crippen molar-refractivity contribution in [1.82, 2.24) is 9.78 Å². The van der Waals surface area contributed by atoms with E-state index >= 15 is 0 Å². The minimum atomic E-state index is -2.98. The summed E-state index contributed by atoms with van der Waals surface area (Å²) in [6.45, 7) is 1.50. The molecule has 1 heterocycles. The summed E-state index contributed by atoms with van der Waals surface area (Å²) in [5.74, 6) is -0.0169. The Morgan fingerprint density at radius 2 is 2.17 bits per heavy atom. The Morgan fingerprint density at radius 3 is 2.72 bits per heavy atom. The number of rotatable bonds is 3. The molecule has 1 aromatic rings. The Labute approximate surface area is 107 Å². The second-order valence-electron chi connectivity index (χ2n) is 5.04. The van der Waals surface area contributed by atoms with Gasteiger partial charge >= 0.3 is 0 Å². The fourth-order valence-electron chi connectivity index (χ4n) is 2.47. The molecular formula is C12H18N2O3S. The quantitative estimate of drug-likeness (QED) is 0.782. The second kappa shape index (κ2) is 4.84. The highest BCUT2D eigenvalue weighted by atomic mass is 32.2. The Morgan fingerprint density at radius 1 is 1.44 bits per heavy atom. The number of ketones is 1. The van der Waals surface area contributed by atoms with Crippen molar-refractivity contribution in [2.45, 2.75) is 43.9 Å². The molecule has 0 spiro atoms. The molecule has 1 aromatic heterocycles. The third-order valence-electron chi connectivity index (χ3n) is 3.59. The number of Topliss-reactive ketones (excluding diaryl/α,β-unsaturated/α-hetero) is 1. The van der Waals surface area contributed by atoms with E-state index in [0.717, 1.165) is 19.3 Å². The van der Waals surface area contributed by atoms with E-state index in [2.05, 4.69) is 5.10 Å². The van der Waals surface area contributed by atoms with Gasteiger partial charge in [-0.3, -0.25) is 9.48 Å². The van der Waals surface area contributed by atoms with Crippen LogP contribution in [0.4, 0.5) is 0 Å². The molecule has 0 aliphatic heterocycles. The van der Waals surface area contributed by atoms with E-state index in [9.17, 15) is 13.2 Å². The van der Waals surface area contributed by atoms with Gasteiger partial charge in [0, 0.05) is 12.5 Å². The lowest BCUT2D eigenvalue weighted by Crippen LogP contribution is -2.29. The predicted octanol–water partition coefficient (Wildman–Crippen LogP) is 1.61.